The van der Waals surface area contributed by atoms with Gasteiger partial charge in [-0.2, -0.15) is 0 Å². The van der Waals surface area contributed by atoms with Gasteiger partial charge in [0.05, 0.1) is 6.10 Å². The van der Waals surface area contributed by atoms with Gasteiger partial charge in [0.15, 0.2) is 0 Å². The molecule has 0 aromatic carbocycles. The Bertz CT molecular complexity index is 170. The molecule has 1 aliphatic carbocycles. The van der Waals surface area contributed by atoms with E-state index in [0.717, 1.165) is 6.42 Å². The first kappa shape index (κ1) is 8.50. The zero-order chi connectivity index (χ0) is 8.10. The summed E-state index contributed by atoms with van der Waals surface area (Å²) in [5, 5.41) is 0. The van der Waals surface area contributed by atoms with Crippen LogP contribution in [0.4, 0.5) is 0 Å². The van der Waals surface area contributed by atoms with Crippen molar-refractivity contribution in [3.63, 3.8) is 0 Å². The van der Waals surface area contributed by atoms with Gasteiger partial charge in [0, 0.05) is 7.11 Å². The second-order valence-corrected chi connectivity index (χ2v) is 2.65. The number of allylic oxidation sites excluding steroid dienone is 2. The Hall–Kier alpha value is -0.600. The van der Waals surface area contributed by atoms with Gasteiger partial charge in [0.25, 0.3) is 0 Å². The summed E-state index contributed by atoms with van der Waals surface area (Å²) in [5.74, 6) is 0. The Morgan fingerprint density at radius 2 is 2.45 bits per heavy atom. The minimum atomic E-state index is 0.207. The first-order valence-corrected chi connectivity index (χ1v) is 3.78. The third-order valence-electron chi connectivity index (χ3n) is 1.65. The molecule has 1 atom stereocenters. The molecule has 11 heavy (non-hydrogen) atoms. The summed E-state index contributed by atoms with van der Waals surface area (Å²) in [4.78, 5) is 0. The SMILES string of the molecule is COCOC1C=CC(C)=CC1. The standard InChI is InChI=1S/C9H14O2/c1-8-3-5-9(6-4-8)11-7-10-2/h3-5,9H,6-7H2,1-2H3. The van der Waals surface area contributed by atoms with Crippen LogP contribution in [0.25, 0.3) is 0 Å². The predicted octanol–water partition coefficient (Wildman–Crippen LogP) is 1.88. The fourth-order valence-electron chi connectivity index (χ4n) is 0.987. The van der Waals surface area contributed by atoms with Crippen molar-refractivity contribution < 1.29 is 9.47 Å². The number of methoxy groups -OCH3 is 1. The Labute approximate surface area is 67.5 Å². The van der Waals surface area contributed by atoms with Gasteiger partial charge in [0.1, 0.15) is 6.79 Å². The van der Waals surface area contributed by atoms with E-state index in [-0.39, 0.29) is 6.10 Å². The number of ether oxygens (including phenoxy) is 2. The average Bonchev–Trinajstić information content (AvgIpc) is 2.04. The molecule has 0 fully saturated rings. The van der Waals surface area contributed by atoms with Gasteiger partial charge in [-0.3, -0.25) is 0 Å². The lowest BCUT2D eigenvalue weighted by atomic mass is 10.1. The van der Waals surface area contributed by atoms with Crippen LogP contribution in [0.2, 0.25) is 0 Å². The Kier molecular flexibility index (Phi) is 3.33. The maximum absolute atomic E-state index is 5.33. The molecule has 0 spiro atoms. The highest BCUT2D eigenvalue weighted by Crippen LogP contribution is 2.12. The molecule has 1 unspecified atom stereocenters. The highest BCUT2D eigenvalue weighted by Gasteiger charge is 2.05. The molecule has 0 bridgehead atoms. The Balaban J connectivity index is 2.25. The summed E-state index contributed by atoms with van der Waals surface area (Å²) in [6, 6.07) is 0. The molecule has 0 aliphatic heterocycles. The highest BCUT2D eigenvalue weighted by molar-refractivity contribution is 5.21. The van der Waals surface area contributed by atoms with Crippen LogP contribution in [0.15, 0.2) is 23.8 Å². The molecule has 1 aliphatic rings. The van der Waals surface area contributed by atoms with Crippen molar-refractivity contribution in [2.75, 3.05) is 13.9 Å². The molecular weight excluding hydrogens is 140 g/mol. The minimum absolute atomic E-state index is 0.207. The lowest BCUT2D eigenvalue weighted by molar-refractivity contribution is -0.0545. The van der Waals surface area contributed by atoms with Crippen LogP contribution in [-0.2, 0) is 9.47 Å². The fourth-order valence-corrected chi connectivity index (χ4v) is 0.987. The second-order valence-electron chi connectivity index (χ2n) is 2.65. The molecule has 0 N–H and O–H groups in total. The summed E-state index contributed by atoms with van der Waals surface area (Å²) in [7, 11) is 1.63. The van der Waals surface area contributed by atoms with Crippen LogP contribution in [0, 0.1) is 0 Å². The van der Waals surface area contributed by atoms with Crippen molar-refractivity contribution in [2.45, 2.75) is 19.4 Å². The number of rotatable bonds is 3. The third kappa shape index (κ3) is 2.87. The third-order valence-corrected chi connectivity index (χ3v) is 1.65. The average molecular weight is 154 g/mol. The van der Waals surface area contributed by atoms with Gasteiger partial charge >= 0.3 is 0 Å². The van der Waals surface area contributed by atoms with Crippen LogP contribution in [0.5, 0.6) is 0 Å². The summed E-state index contributed by atoms with van der Waals surface area (Å²) in [6.45, 7) is 2.46. The lowest BCUT2D eigenvalue weighted by Gasteiger charge is -2.14. The van der Waals surface area contributed by atoms with Crippen molar-refractivity contribution in [2.24, 2.45) is 0 Å². The molecule has 0 saturated carbocycles. The van der Waals surface area contributed by atoms with E-state index in [4.69, 9.17) is 9.47 Å². The summed E-state index contributed by atoms with van der Waals surface area (Å²) in [5.41, 5.74) is 1.31. The number of hydrogen-bond acceptors (Lipinski definition) is 2. The predicted molar refractivity (Wildman–Crippen MR) is 44.3 cm³/mol. The molecule has 0 saturated heterocycles. The van der Waals surface area contributed by atoms with E-state index >= 15 is 0 Å². The molecule has 0 aromatic rings. The summed E-state index contributed by atoms with van der Waals surface area (Å²) >= 11 is 0. The van der Waals surface area contributed by atoms with Crippen molar-refractivity contribution >= 4 is 0 Å². The van der Waals surface area contributed by atoms with Crippen molar-refractivity contribution in [1.29, 1.82) is 0 Å². The molecule has 0 radical (unpaired) electrons. The Morgan fingerprint density at radius 1 is 1.64 bits per heavy atom. The van der Waals surface area contributed by atoms with Crippen molar-refractivity contribution in [3.05, 3.63) is 23.8 Å². The Morgan fingerprint density at radius 3 is 3.00 bits per heavy atom. The maximum atomic E-state index is 5.33. The van der Waals surface area contributed by atoms with E-state index in [1.54, 1.807) is 7.11 Å². The molecule has 0 aromatic heterocycles. The molecular formula is C9H14O2. The molecule has 0 heterocycles. The quantitative estimate of drug-likeness (QED) is 0.578. The van der Waals surface area contributed by atoms with E-state index in [2.05, 4.69) is 25.2 Å². The van der Waals surface area contributed by atoms with E-state index in [0.29, 0.717) is 6.79 Å². The van der Waals surface area contributed by atoms with Crippen LogP contribution >= 0.6 is 0 Å². The first-order chi connectivity index (χ1) is 5.33. The maximum Gasteiger partial charge on any atom is 0.147 e. The minimum Gasteiger partial charge on any atom is -0.359 e. The van der Waals surface area contributed by atoms with Gasteiger partial charge in [0.2, 0.25) is 0 Å². The van der Waals surface area contributed by atoms with Crippen LogP contribution in [0.3, 0.4) is 0 Å². The molecule has 2 nitrogen and oxygen atoms in total. The molecule has 62 valence electrons. The van der Waals surface area contributed by atoms with Crippen molar-refractivity contribution in [3.8, 4) is 0 Å². The number of hydrogen-bond donors (Lipinski definition) is 0. The van der Waals surface area contributed by atoms with Crippen LogP contribution in [0.1, 0.15) is 13.3 Å². The largest absolute Gasteiger partial charge is 0.359 e. The first-order valence-electron chi connectivity index (χ1n) is 3.78. The topological polar surface area (TPSA) is 18.5 Å². The normalized spacial score (nSPS) is 23.5. The van der Waals surface area contributed by atoms with E-state index in [1.165, 1.54) is 5.57 Å². The van der Waals surface area contributed by atoms with Crippen LogP contribution in [-0.4, -0.2) is 20.0 Å². The van der Waals surface area contributed by atoms with Crippen molar-refractivity contribution in [1.82, 2.24) is 0 Å². The zero-order valence-electron chi connectivity index (χ0n) is 7.04. The van der Waals surface area contributed by atoms with E-state index in [9.17, 15) is 0 Å². The van der Waals surface area contributed by atoms with E-state index in [1.807, 2.05) is 0 Å². The second kappa shape index (κ2) is 4.31. The van der Waals surface area contributed by atoms with Gasteiger partial charge in [-0.15, -0.1) is 0 Å². The van der Waals surface area contributed by atoms with E-state index < -0.39 is 0 Å². The highest BCUT2D eigenvalue weighted by atomic mass is 16.7. The zero-order valence-corrected chi connectivity index (χ0v) is 7.04. The van der Waals surface area contributed by atoms with Gasteiger partial charge < -0.3 is 9.47 Å². The van der Waals surface area contributed by atoms with Crippen LogP contribution < -0.4 is 0 Å². The summed E-state index contributed by atoms with van der Waals surface area (Å²) < 4.78 is 10.1. The smallest absolute Gasteiger partial charge is 0.147 e. The summed E-state index contributed by atoms with van der Waals surface area (Å²) in [6.07, 6.45) is 7.48. The molecule has 1 rings (SSSR count). The van der Waals surface area contributed by atoms with Gasteiger partial charge in [-0.1, -0.05) is 23.8 Å². The van der Waals surface area contributed by atoms with Gasteiger partial charge in [-0.25, -0.2) is 0 Å². The molecule has 2 heteroatoms. The fraction of sp³-hybridized carbons (Fsp3) is 0.556. The molecule has 0 amide bonds. The van der Waals surface area contributed by atoms with Gasteiger partial charge in [-0.05, 0) is 13.3 Å². The monoisotopic (exact) mass is 154 g/mol. The lowest BCUT2D eigenvalue weighted by Crippen LogP contribution is -2.12.